The van der Waals surface area contributed by atoms with Crippen molar-refractivity contribution in [3.05, 3.63) is 11.1 Å². The molecule has 1 rings (SSSR count). The van der Waals surface area contributed by atoms with Gasteiger partial charge in [-0.2, -0.15) is 0 Å². The number of aliphatic hydroxyl groups excluding tert-OH is 1. The predicted octanol–water partition coefficient (Wildman–Crippen LogP) is 0.862. The lowest BCUT2D eigenvalue weighted by atomic mass is 9.94. The van der Waals surface area contributed by atoms with Crippen LogP contribution >= 0.6 is 0 Å². The summed E-state index contributed by atoms with van der Waals surface area (Å²) in [5.41, 5.74) is 1.17. The van der Waals surface area contributed by atoms with E-state index in [2.05, 4.69) is 0 Å². The number of hydrogen-bond acceptors (Lipinski definition) is 3. The van der Waals surface area contributed by atoms with E-state index in [-0.39, 0.29) is 17.5 Å². The smallest absolute Gasteiger partial charge is 0.156 e. The molecule has 0 amide bonds. The van der Waals surface area contributed by atoms with E-state index in [0.717, 1.165) is 0 Å². The van der Waals surface area contributed by atoms with E-state index in [1.54, 1.807) is 6.92 Å². The molecule has 0 aromatic heterocycles. The maximum atomic E-state index is 11.2. The summed E-state index contributed by atoms with van der Waals surface area (Å²) in [4.78, 5) is 22.4. The minimum atomic E-state index is -0.618. The summed E-state index contributed by atoms with van der Waals surface area (Å²) in [5.74, 6) is -0.525. The maximum absolute atomic E-state index is 11.2. The van der Waals surface area contributed by atoms with E-state index in [1.807, 2.05) is 0 Å². The van der Waals surface area contributed by atoms with Crippen LogP contribution in [0.5, 0.6) is 0 Å². The summed E-state index contributed by atoms with van der Waals surface area (Å²) in [7, 11) is 0. The highest BCUT2D eigenvalue weighted by Gasteiger charge is 2.34. The molecule has 1 N–H and O–H groups in total. The number of Topliss-reactive ketones (excluding diaryl/α,β-unsaturated/α-hetero) is 2. The van der Waals surface area contributed by atoms with Gasteiger partial charge in [0.25, 0.3) is 0 Å². The maximum Gasteiger partial charge on any atom is 0.156 e. The molecule has 0 bridgehead atoms. The topological polar surface area (TPSA) is 54.4 Å². The second-order valence-electron chi connectivity index (χ2n) is 3.57. The van der Waals surface area contributed by atoms with E-state index in [9.17, 15) is 14.7 Å². The largest absolute Gasteiger partial charge is 0.389 e. The van der Waals surface area contributed by atoms with Crippen molar-refractivity contribution in [1.82, 2.24) is 0 Å². The van der Waals surface area contributed by atoms with E-state index in [0.29, 0.717) is 17.6 Å². The summed E-state index contributed by atoms with van der Waals surface area (Å²) < 4.78 is 0. The number of aliphatic hydroxyl groups is 1. The molecule has 0 fully saturated rings. The quantitative estimate of drug-likeness (QED) is 0.689. The van der Waals surface area contributed by atoms with Crippen LogP contribution in [0.15, 0.2) is 11.1 Å². The van der Waals surface area contributed by atoms with Crippen LogP contribution in [0.4, 0.5) is 0 Å². The Morgan fingerprint density at radius 3 is 2.23 bits per heavy atom. The lowest BCUT2D eigenvalue weighted by Crippen LogP contribution is -2.15. The second-order valence-corrected chi connectivity index (χ2v) is 3.57. The molecule has 3 nitrogen and oxygen atoms in total. The van der Waals surface area contributed by atoms with Gasteiger partial charge in [-0.1, -0.05) is 0 Å². The molecule has 0 spiro atoms. The average Bonchev–Trinajstić information content (AvgIpc) is 2.28. The van der Waals surface area contributed by atoms with E-state index >= 15 is 0 Å². The molecular formula is C10H14O3. The zero-order valence-corrected chi connectivity index (χ0v) is 8.13. The molecule has 13 heavy (non-hydrogen) atoms. The number of carbonyl (C=O) groups excluding carboxylic acids is 2. The highest BCUT2D eigenvalue weighted by molar-refractivity contribution is 6.01. The Morgan fingerprint density at radius 1 is 1.38 bits per heavy atom. The van der Waals surface area contributed by atoms with Gasteiger partial charge in [0.15, 0.2) is 5.78 Å². The van der Waals surface area contributed by atoms with Crippen LogP contribution in [0.3, 0.4) is 0 Å². The van der Waals surface area contributed by atoms with E-state index < -0.39 is 6.10 Å². The highest BCUT2D eigenvalue weighted by atomic mass is 16.3. The van der Waals surface area contributed by atoms with Crippen molar-refractivity contribution in [3.8, 4) is 0 Å². The van der Waals surface area contributed by atoms with Gasteiger partial charge in [0.05, 0.1) is 6.10 Å². The summed E-state index contributed by atoms with van der Waals surface area (Å²) in [6, 6.07) is 0. The summed E-state index contributed by atoms with van der Waals surface area (Å²) in [6.07, 6.45) is -0.247. The molecule has 0 aromatic carbocycles. The van der Waals surface area contributed by atoms with Gasteiger partial charge in [-0.3, -0.25) is 9.59 Å². The van der Waals surface area contributed by atoms with E-state index in [1.165, 1.54) is 13.8 Å². The molecule has 0 aliphatic heterocycles. The van der Waals surface area contributed by atoms with Gasteiger partial charge in [0, 0.05) is 11.5 Å². The van der Waals surface area contributed by atoms with Gasteiger partial charge in [0.1, 0.15) is 5.78 Å². The Hall–Kier alpha value is -0.960. The van der Waals surface area contributed by atoms with Crippen LogP contribution in [-0.2, 0) is 9.59 Å². The van der Waals surface area contributed by atoms with Crippen LogP contribution in [0.2, 0.25) is 0 Å². The summed E-state index contributed by atoms with van der Waals surface area (Å²) in [5, 5.41) is 9.47. The zero-order chi connectivity index (χ0) is 10.2. The molecule has 0 radical (unpaired) electrons. The lowest BCUT2D eigenvalue weighted by molar-refractivity contribution is -0.122. The van der Waals surface area contributed by atoms with Crippen LogP contribution < -0.4 is 0 Å². The molecule has 0 aromatic rings. The fraction of sp³-hybridized carbons (Fsp3) is 0.600. The van der Waals surface area contributed by atoms with Gasteiger partial charge < -0.3 is 5.11 Å². The van der Waals surface area contributed by atoms with Crippen LogP contribution in [0.1, 0.15) is 27.2 Å². The summed E-state index contributed by atoms with van der Waals surface area (Å²) >= 11 is 0. The van der Waals surface area contributed by atoms with Gasteiger partial charge in [0.2, 0.25) is 0 Å². The highest BCUT2D eigenvalue weighted by Crippen LogP contribution is 2.33. The van der Waals surface area contributed by atoms with Gasteiger partial charge in [-0.15, -0.1) is 0 Å². The van der Waals surface area contributed by atoms with Gasteiger partial charge >= 0.3 is 0 Å². The number of ketones is 2. The van der Waals surface area contributed by atoms with Crippen LogP contribution in [0.25, 0.3) is 0 Å². The molecule has 3 heteroatoms. The molecule has 0 saturated carbocycles. The SMILES string of the molecule is CC(=O)C1=C(C)C(O)CC1C(C)=O. The van der Waals surface area contributed by atoms with Crippen molar-refractivity contribution < 1.29 is 14.7 Å². The monoisotopic (exact) mass is 182 g/mol. The molecule has 0 saturated heterocycles. The van der Waals surface area contributed by atoms with Crippen molar-refractivity contribution >= 4 is 11.6 Å². The molecule has 2 unspecified atom stereocenters. The first-order valence-electron chi connectivity index (χ1n) is 4.35. The molecule has 1 aliphatic rings. The third-order valence-electron chi connectivity index (χ3n) is 2.60. The van der Waals surface area contributed by atoms with Crippen molar-refractivity contribution in [2.75, 3.05) is 0 Å². The standard InChI is InChI=1S/C10H14O3/c1-5-9(13)4-8(6(2)11)10(5)7(3)12/h8-9,13H,4H2,1-3H3. The minimum absolute atomic E-state index is 0.0406. The Labute approximate surface area is 77.4 Å². The molecular weight excluding hydrogens is 168 g/mol. The normalized spacial score (nSPS) is 28.0. The number of allylic oxidation sites excluding steroid dienone is 1. The Morgan fingerprint density at radius 2 is 1.92 bits per heavy atom. The fourth-order valence-electron chi connectivity index (χ4n) is 1.86. The predicted molar refractivity (Wildman–Crippen MR) is 48.2 cm³/mol. The minimum Gasteiger partial charge on any atom is -0.389 e. The van der Waals surface area contributed by atoms with Crippen molar-refractivity contribution in [2.24, 2.45) is 5.92 Å². The third kappa shape index (κ3) is 1.70. The Balaban J connectivity index is 3.07. The number of hydrogen-bond donors (Lipinski definition) is 1. The lowest BCUT2D eigenvalue weighted by Gasteiger charge is -2.07. The zero-order valence-electron chi connectivity index (χ0n) is 8.13. The van der Waals surface area contributed by atoms with Crippen LogP contribution in [-0.4, -0.2) is 22.8 Å². The first-order chi connectivity index (χ1) is 5.95. The first-order valence-corrected chi connectivity index (χ1v) is 4.35. The second kappa shape index (κ2) is 3.42. The van der Waals surface area contributed by atoms with Crippen molar-refractivity contribution in [3.63, 3.8) is 0 Å². The Kier molecular flexibility index (Phi) is 2.66. The third-order valence-corrected chi connectivity index (χ3v) is 2.60. The first kappa shape index (κ1) is 10.1. The van der Waals surface area contributed by atoms with Crippen LogP contribution in [0, 0.1) is 5.92 Å². The fourth-order valence-corrected chi connectivity index (χ4v) is 1.86. The molecule has 72 valence electrons. The van der Waals surface area contributed by atoms with E-state index in [4.69, 9.17) is 0 Å². The van der Waals surface area contributed by atoms with Gasteiger partial charge in [-0.25, -0.2) is 0 Å². The van der Waals surface area contributed by atoms with Gasteiger partial charge in [-0.05, 0) is 32.8 Å². The molecule has 1 aliphatic carbocycles. The van der Waals surface area contributed by atoms with Crippen molar-refractivity contribution in [1.29, 1.82) is 0 Å². The number of carbonyl (C=O) groups is 2. The van der Waals surface area contributed by atoms with Crippen molar-refractivity contribution in [2.45, 2.75) is 33.3 Å². The summed E-state index contributed by atoms with van der Waals surface area (Å²) in [6.45, 7) is 4.61. The molecule has 0 heterocycles. The molecule has 2 atom stereocenters. The average molecular weight is 182 g/mol. The Bertz CT molecular complexity index is 289. The number of rotatable bonds is 2.